The highest BCUT2D eigenvalue weighted by Crippen LogP contribution is 2.31. The van der Waals surface area contributed by atoms with Crippen LogP contribution in [0, 0.1) is 13.8 Å². The molecule has 1 aromatic rings. The fourth-order valence-electron chi connectivity index (χ4n) is 1.90. The summed E-state index contributed by atoms with van der Waals surface area (Å²) in [6, 6.07) is 4.14. The molecule has 0 aromatic heterocycles. The highest BCUT2D eigenvalue weighted by Gasteiger charge is 2.25. The Morgan fingerprint density at radius 2 is 1.69 bits per heavy atom. The zero-order chi connectivity index (χ0) is 12.3. The molecule has 0 aliphatic carbocycles. The summed E-state index contributed by atoms with van der Waals surface area (Å²) in [6.45, 7) is 6.51. The van der Waals surface area contributed by atoms with Gasteiger partial charge in [0.2, 0.25) is 0 Å². The number of rotatable bonds is 4. The van der Waals surface area contributed by atoms with Crippen LogP contribution >= 0.6 is 0 Å². The van der Waals surface area contributed by atoms with Gasteiger partial charge in [0.05, 0.1) is 7.11 Å². The number of ether oxygens (including phenoxy) is 2. The zero-order valence-electron chi connectivity index (χ0n) is 10.8. The van der Waals surface area contributed by atoms with Crippen LogP contribution < -0.4 is 10.5 Å². The lowest BCUT2D eigenvalue weighted by molar-refractivity contribution is 0.00995. The third-order valence-electron chi connectivity index (χ3n) is 3.12. The van der Waals surface area contributed by atoms with E-state index in [0.29, 0.717) is 6.54 Å². The van der Waals surface area contributed by atoms with Gasteiger partial charge in [-0.1, -0.05) is 0 Å². The summed E-state index contributed by atoms with van der Waals surface area (Å²) in [5, 5.41) is 0. The molecule has 1 unspecified atom stereocenters. The molecule has 1 atom stereocenters. The van der Waals surface area contributed by atoms with Crippen molar-refractivity contribution in [2.45, 2.75) is 26.4 Å². The van der Waals surface area contributed by atoms with Crippen molar-refractivity contribution in [1.82, 2.24) is 0 Å². The van der Waals surface area contributed by atoms with Crippen molar-refractivity contribution in [2.75, 3.05) is 20.8 Å². The number of methoxy groups -OCH3 is 2. The molecule has 0 amide bonds. The Balaban J connectivity index is 3.27. The van der Waals surface area contributed by atoms with E-state index in [9.17, 15) is 0 Å². The van der Waals surface area contributed by atoms with Crippen molar-refractivity contribution in [3.05, 3.63) is 28.8 Å². The molecule has 0 radical (unpaired) electrons. The molecule has 1 aromatic carbocycles. The van der Waals surface area contributed by atoms with E-state index in [4.69, 9.17) is 15.2 Å². The third kappa shape index (κ3) is 2.20. The molecular weight excluding hydrogens is 202 g/mol. The van der Waals surface area contributed by atoms with Gasteiger partial charge in [0.25, 0.3) is 0 Å². The van der Waals surface area contributed by atoms with Gasteiger partial charge in [-0.25, -0.2) is 0 Å². The lowest BCUT2D eigenvalue weighted by Gasteiger charge is -2.28. The SMILES string of the molecule is COc1c(C)cc(C(C)(CN)OC)cc1C. The topological polar surface area (TPSA) is 44.5 Å². The highest BCUT2D eigenvalue weighted by molar-refractivity contribution is 5.45. The van der Waals surface area contributed by atoms with Crippen molar-refractivity contribution in [3.63, 3.8) is 0 Å². The van der Waals surface area contributed by atoms with Crippen LogP contribution in [0.4, 0.5) is 0 Å². The smallest absolute Gasteiger partial charge is 0.124 e. The molecule has 0 bridgehead atoms. The van der Waals surface area contributed by atoms with Gasteiger partial charge in [0.15, 0.2) is 0 Å². The fraction of sp³-hybridized carbons (Fsp3) is 0.538. The molecule has 3 heteroatoms. The second kappa shape index (κ2) is 4.85. The van der Waals surface area contributed by atoms with Gasteiger partial charge in [-0.05, 0) is 49.6 Å². The van der Waals surface area contributed by atoms with Crippen molar-refractivity contribution in [1.29, 1.82) is 0 Å². The average Bonchev–Trinajstić information content (AvgIpc) is 2.27. The lowest BCUT2D eigenvalue weighted by Crippen LogP contribution is -2.33. The molecule has 0 heterocycles. The maximum atomic E-state index is 5.76. The summed E-state index contributed by atoms with van der Waals surface area (Å²) >= 11 is 0. The molecule has 0 aliphatic rings. The van der Waals surface area contributed by atoms with Crippen molar-refractivity contribution >= 4 is 0 Å². The molecule has 2 N–H and O–H groups in total. The maximum Gasteiger partial charge on any atom is 0.124 e. The summed E-state index contributed by atoms with van der Waals surface area (Å²) in [7, 11) is 3.37. The first-order valence-corrected chi connectivity index (χ1v) is 5.39. The monoisotopic (exact) mass is 223 g/mol. The first-order chi connectivity index (χ1) is 7.48. The molecule has 16 heavy (non-hydrogen) atoms. The van der Waals surface area contributed by atoms with E-state index in [1.165, 1.54) is 0 Å². The van der Waals surface area contributed by atoms with E-state index >= 15 is 0 Å². The molecule has 90 valence electrons. The molecule has 0 fully saturated rings. The Bertz CT molecular complexity index is 347. The minimum absolute atomic E-state index is 0.429. The van der Waals surface area contributed by atoms with Crippen LogP contribution in [-0.2, 0) is 10.3 Å². The number of hydrogen-bond donors (Lipinski definition) is 1. The standard InChI is InChI=1S/C13H21NO2/c1-9-6-11(13(3,8-14)16-5)7-10(2)12(9)15-4/h6-7H,8,14H2,1-5H3. The Hall–Kier alpha value is -1.06. The molecule has 3 nitrogen and oxygen atoms in total. The number of nitrogens with two attached hydrogens (primary N) is 1. The lowest BCUT2D eigenvalue weighted by atomic mass is 9.92. The molecule has 0 saturated carbocycles. The van der Waals surface area contributed by atoms with Crippen LogP contribution in [0.5, 0.6) is 5.75 Å². The van der Waals surface area contributed by atoms with Crippen LogP contribution in [0.3, 0.4) is 0 Å². The average molecular weight is 223 g/mol. The second-order valence-electron chi connectivity index (χ2n) is 4.28. The van der Waals surface area contributed by atoms with E-state index in [1.807, 2.05) is 20.8 Å². The van der Waals surface area contributed by atoms with E-state index in [1.54, 1.807) is 14.2 Å². The normalized spacial score (nSPS) is 14.6. The van der Waals surface area contributed by atoms with Gasteiger partial charge in [-0.15, -0.1) is 0 Å². The zero-order valence-corrected chi connectivity index (χ0v) is 10.8. The summed E-state index contributed by atoms with van der Waals surface area (Å²) in [6.07, 6.45) is 0. The van der Waals surface area contributed by atoms with Crippen molar-refractivity contribution in [2.24, 2.45) is 5.73 Å². The Morgan fingerprint density at radius 3 is 2.00 bits per heavy atom. The van der Waals surface area contributed by atoms with Crippen LogP contribution in [-0.4, -0.2) is 20.8 Å². The predicted octanol–water partition coefficient (Wildman–Crippen LogP) is 2.13. The van der Waals surface area contributed by atoms with Gasteiger partial charge in [0.1, 0.15) is 11.4 Å². The Kier molecular flexibility index (Phi) is 3.94. The Morgan fingerprint density at radius 1 is 1.19 bits per heavy atom. The van der Waals surface area contributed by atoms with Gasteiger partial charge >= 0.3 is 0 Å². The Labute approximate surface area is 97.6 Å². The number of hydrogen-bond acceptors (Lipinski definition) is 3. The molecular formula is C13H21NO2. The molecule has 0 saturated heterocycles. The number of aryl methyl sites for hydroxylation is 2. The molecule has 0 aliphatic heterocycles. The summed E-state index contributed by atoms with van der Waals surface area (Å²) < 4.78 is 10.8. The number of benzene rings is 1. The van der Waals surface area contributed by atoms with Gasteiger partial charge in [-0.3, -0.25) is 0 Å². The maximum absolute atomic E-state index is 5.76. The highest BCUT2D eigenvalue weighted by atomic mass is 16.5. The summed E-state index contributed by atoms with van der Waals surface area (Å²) in [5.41, 5.74) is 8.64. The van der Waals surface area contributed by atoms with E-state index < -0.39 is 5.60 Å². The van der Waals surface area contributed by atoms with Crippen LogP contribution in [0.15, 0.2) is 12.1 Å². The summed E-state index contributed by atoms with van der Waals surface area (Å²) in [5.74, 6) is 0.930. The molecule has 0 spiro atoms. The van der Waals surface area contributed by atoms with Crippen LogP contribution in [0.25, 0.3) is 0 Å². The van der Waals surface area contributed by atoms with Crippen molar-refractivity contribution in [3.8, 4) is 5.75 Å². The minimum Gasteiger partial charge on any atom is -0.496 e. The van der Waals surface area contributed by atoms with Crippen LogP contribution in [0.1, 0.15) is 23.6 Å². The first-order valence-electron chi connectivity index (χ1n) is 5.39. The second-order valence-corrected chi connectivity index (χ2v) is 4.28. The predicted molar refractivity (Wildman–Crippen MR) is 65.9 cm³/mol. The van der Waals surface area contributed by atoms with E-state index in [2.05, 4.69) is 12.1 Å². The third-order valence-corrected chi connectivity index (χ3v) is 3.12. The minimum atomic E-state index is -0.429. The van der Waals surface area contributed by atoms with Crippen molar-refractivity contribution < 1.29 is 9.47 Å². The van der Waals surface area contributed by atoms with Gasteiger partial charge in [0, 0.05) is 13.7 Å². The van der Waals surface area contributed by atoms with Gasteiger partial charge < -0.3 is 15.2 Å². The first kappa shape index (κ1) is 13.0. The quantitative estimate of drug-likeness (QED) is 0.850. The fourth-order valence-corrected chi connectivity index (χ4v) is 1.90. The largest absolute Gasteiger partial charge is 0.496 e. The molecule has 1 rings (SSSR count). The summed E-state index contributed by atoms with van der Waals surface area (Å²) in [4.78, 5) is 0. The van der Waals surface area contributed by atoms with Gasteiger partial charge in [-0.2, -0.15) is 0 Å². The van der Waals surface area contributed by atoms with E-state index in [0.717, 1.165) is 22.4 Å². The van der Waals surface area contributed by atoms with Crippen LogP contribution in [0.2, 0.25) is 0 Å². The van der Waals surface area contributed by atoms with E-state index in [-0.39, 0.29) is 0 Å².